The van der Waals surface area contributed by atoms with Gasteiger partial charge in [0.25, 0.3) is 0 Å². The molecule has 0 aliphatic heterocycles. The Morgan fingerprint density at radius 2 is 1.54 bits per heavy atom. The first kappa shape index (κ1) is 16.0. The van der Waals surface area contributed by atoms with E-state index in [1.807, 2.05) is 66.7 Å². The lowest BCUT2D eigenvalue weighted by atomic mass is 10.0. The molecule has 0 aliphatic rings. The number of allylic oxidation sites excluding steroid dienone is 1. The predicted molar refractivity (Wildman–Crippen MR) is 100 cm³/mol. The van der Waals surface area contributed by atoms with Crippen LogP contribution in [0.15, 0.2) is 91.1 Å². The predicted octanol–water partition coefficient (Wildman–Crippen LogP) is 5.82. The first-order valence-electron chi connectivity index (χ1n) is 7.61. The Bertz CT molecular complexity index is 855. The normalized spacial score (nSPS) is 10.7. The number of hydrogen-bond donors (Lipinski definition) is 1. The smallest absolute Gasteiger partial charge is 0.187 e. The van der Waals surface area contributed by atoms with E-state index in [9.17, 15) is 4.79 Å². The van der Waals surface area contributed by atoms with Crippen LogP contribution in [0.5, 0.6) is 0 Å². The van der Waals surface area contributed by atoms with Crippen LogP contribution < -0.4 is 5.32 Å². The molecule has 0 aromatic heterocycles. The van der Waals surface area contributed by atoms with E-state index in [2.05, 4.69) is 5.32 Å². The van der Waals surface area contributed by atoms with Crippen molar-refractivity contribution in [3.05, 3.63) is 102 Å². The van der Waals surface area contributed by atoms with Gasteiger partial charge < -0.3 is 5.32 Å². The molecule has 0 heterocycles. The van der Waals surface area contributed by atoms with Crippen LogP contribution in [0, 0.1) is 0 Å². The number of rotatable bonds is 5. The molecule has 3 heteroatoms. The van der Waals surface area contributed by atoms with Gasteiger partial charge in [-0.25, -0.2) is 0 Å². The van der Waals surface area contributed by atoms with E-state index in [0.29, 0.717) is 10.6 Å². The molecule has 2 nitrogen and oxygen atoms in total. The van der Waals surface area contributed by atoms with Gasteiger partial charge in [0.15, 0.2) is 5.78 Å². The average Bonchev–Trinajstić information content (AvgIpc) is 2.63. The van der Waals surface area contributed by atoms with E-state index in [4.69, 9.17) is 11.6 Å². The lowest BCUT2D eigenvalue weighted by Crippen LogP contribution is -1.96. The Morgan fingerprint density at radius 3 is 2.25 bits per heavy atom. The van der Waals surface area contributed by atoms with Crippen LogP contribution >= 0.6 is 11.6 Å². The SMILES string of the molecule is O=C(/C=C\Nc1cccc(Cl)c1)c1ccc(-c2ccccc2)cc1. The highest BCUT2D eigenvalue weighted by Gasteiger charge is 2.02. The molecule has 3 aromatic carbocycles. The summed E-state index contributed by atoms with van der Waals surface area (Å²) in [5.41, 5.74) is 3.72. The number of benzene rings is 3. The second-order valence-corrected chi connectivity index (χ2v) is 5.73. The van der Waals surface area contributed by atoms with Crippen LogP contribution in [0.4, 0.5) is 5.69 Å². The van der Waals surface area contributed by atoms with Gasteiger partial charge in [0.05, 0.1) is 0 Å². The number of ketones is 1. The van der Waals surface area contributed by atoms with Crippen LogP contribution in [0.1, 0.15) is 10.4 Å². The van der Waals surface area contributed by atoms with Gasteiger partial charge in [-0.3, -0.25) is 4.79 Å². The Kier molecular flexibility index (Phi) is 5.09. The van der Waals surface area contributed by atoms with Gasteiger partial charge in [0, 0.05) is 28.5 Å². The molecule has 0 unspecified atom stereocenters. The Hall–Kier alpha value is -2.84. The van der Waals surface area contributed by atoms with E-state index in [-0.39, 0.29) is 5.78 Å². The molecule has 3 rings (SSSR count). The molecule has 118 valence electrons. The molecular formula is C21H16ClNO. The van der Waals surface area contributed by atoms with Gasteiger partial charge >= 0.3 is 0 Å². The van der Waals surface area contributed by atoms with E-state index < -0.39 is 0 Å². The maximum Gasteiger partial charge on any atom is 0.187 e. The molecule has 24 heavy (non-hydrogen) atoms. The molecular weight excluding hydrogens is 318 g/mol. The lowest BCUT2D eigenvalue weighted by Gasteiger charge is -2.03. The molecule has 0 bridgehead atoms. The Labute approximate surface area is 146 Å². The van der Waals surface area contributed by atoms with Crippen LogP contribution in [-0.4, -0.2) is 5.78 Å². The van der Waals surface area contributed by atoms with Crippen molar-refractivity contribution in [3.63, 3.8) is 0 Å². The van der Waals surface area contributed by atoms with Crippen LogP contribution in [0.25, 0.3) is 11.1 Å². The maximum absolute atomic E-state index is 12.2. The van der Waals surface area contributed by atoms with E-state index in [0.717, 1.165) is 16.8 Å². The summed E-state index contributed by atoms with van der Waals surface area (Å²) in [5, 5.41) is 3.69. The molecule has 0 amide bonds. The molecule has 0 spiro atoms. The summed E-state index contributed by atoms with van der Waals surface area (Å²) in [6, 6.07) is 25.0. The van der Waals surface area contributed by atoms with Crippen molar-refractivity contribution in [2.75, 3.05) is 5.32 Å². The third kappa shape index (κ3) is 4.12. The fraction of sp³-hybridized carbons (Fsp3) is 0. The molecule has 0 radical (unpaired) electrons. The summed E-state index contributed by atoms with van der Waals surface area (Å²) in [4.78, 5) is 12.2. The van der Waals surface area contributed by atoms with E-state index in [1.54, 1.807) is 18.3 Å². The van der Waals surface area contributed by atoms with Crippen molar-refractivity contribution < 1.29 is 4.79 Å². The number of carbonyl (C=O) groups excluding carboxylic acids is 1. The fourth-order valence-corrected chi connectivity index (χ4v) is 2.54. The molecule has 1 N–H and O–H groups in total. The van der Waals surface area contributed by atoms with Crippen LogP contribution in [0.3, 0.4) is 0 Å². The first-order chi connectivity index (χ1) is 11.7. The zero-order valence-electron chi connectivity index (χ0n) is 12.9. The third-order valence-corrected chi connectivity index (χ3v) is 3.82. The monoisotopic (exact) mass is 333 g/mol. The zero-order valence-corrected chi connectivity index (χ0v) is 13.7. The van der Waals surface area contributed by atoms with Crippen molar-refractivity contribution >= 4 is 23.1 Å². The summed E-state index contributed by atoms with van der Waals surface area (Å²) in [7, 11) is 0. The number of anilines is 1. The van der Waals surface area contributed by atoms with Crippen molar-refractivity contribution in [3.8, 4) is 11.1 Å². The standard InChI is InChI=1S/C21H16ClNO/c22-19-7-4-8-20(15-19)23-14-13-21(24)18-11-9-17(10-12-18)16-5-2-1-3-6-16/h1-15,23H/b14-13-. The van der Waals surface area contributed by atoms with Crippen molar-refractivity contribution in [2.24, 2.45) is 0 Å². The van der Waals surface area contributed by atoms with E-state index in [1.165, 1.54) is 6.08 Å². The summed E-state index contributed by atoms with van der Waals surface area (Å²) in [6.07, 6.45) is 3.14. The van der Waals surface area contributed by atoms with Crippen molar-refractivity contribution in [1.29, 1.82) is 0 Å². The fourth-order valence-electron chi connectivity index (χ4n) is 2.35. The molecule has 0 fully saturated rings. The maximum atomic E-state index is 12.2. The summed E-state index contributed by atoms with van der Waals surface area (Å²) < 4.78 is 0. The number of carbonyl (C=O) groups is 1. The van der Waals surface area contributed by atoms with E-state index >= 15 is 0 Å². The highest BCUT2D eigenvalue weighted by atomic mass is 35.5. The van der Waals surface area contributed by atoms with Crippen molar-refractivity contribution in [1.82, 2.24) is 0 Å². The second-order valence-electron chi connectivity index (χ2n) is 5.30. The average molecular weight is 334 g/mol. The number of nitrogens with one attached hydrogen (secondary N) is 1. The van der Waals surface area contributed by atoms with Gasteiger partial charge in [-0.05, 0) is 29.3 Å². The zero-order chi connectivity index (χ0) is 16.8. The minimum Gasteiger partial charge on any atom is -0.362 e. The molecule has 3 aromatic rings. The minimum absolute atomic E-state index is 0.0517. The van der Waals surface area contributed by atoms with Gasteiger partial charge in [0.1, 0.15) is 0 Å². The third-order valence-electron chi connectivity index (χ3n) is 3.59. The van der Waals surface area contributed by atoms with Gasteiger partial charge in [-0.15, -0.1) is 0 Å². The highest BCUT2D eigenvalue weighted by Crippen LogP contribution is 2.19. The largest absolute Gasteiger partial charge is 0.362 e. The van der Waals surface area contributed by atoms with Crippen LogP contribution in [0.2, 0.25) is 5.02 Å². The lowest BCUT2D eigenvalue weighted by molar-refractivity contribution is 0.104. The van der Waals surface area contributed by atoms with Crippen molar-refractivity contribution in [2.45, 2.75) is 0 Å². The highest BCUT2D eigenvalue weighted by molar-refractivity contribution is 6.30. The number of hydrogen-bond acceptors (Lipinski definition) is 2. The summed E-state index contributed by atoms with van der Waals surface area (Å²) in [5.74, 6) is -0.0517. The van der Waals surface area contributed by atoms with Gasteiger partial charge in [-0.2, -0.15) is 0 Å². The Balaban J connectivity index is 1.66. The molecule has 0 aliphatic carbocycles. The quantitative estimate of drug-likeness (QED) is 0.471. The van der Waals surface area contributed by atoms with Crippen LogP contribution in [-0.2, 0) is 0 Å². The Morgan fingerprint density at radius 1 is 0.833 bits per heavy atom. The molecule has 0 saturated heterocycles. The summed E-state index contributed by atoms with van der Waals surface area (Å²) in [6.45, 7) is 0. The first-order valence-corrected chi connectivity index (χ1v) is 7.99. The van der Waals surface area contributed by atoms with Gasteiger partial charge in [-0.1, -0.05) is 72.3 Å². The second kappa shape index (κ2) is 7.62. The number of halogens is 1. The molecule has 0 atom stereocenters. The molecule has 0 saturated carbocycles. The minimum atomic E-state index is -0.0517. The summed E-state index contributed by atoms with van der Waals surface area (Å²) >= 11 is 5.92. The topological polar surface area (TPSA) is 29.1 Å². The van der Waals surface area contributed by atoms with Gasteiger partial charge in [0.2, 0.25) is 0 Å².